The van der Waals surface area contributed by atoms with Crippen molar-refractivity contribution >= 4 is 17.8 Å². The predicted molar refractivity (Wildman–Crippen MR) is 91.5 cm³/mol. The largest absolute Gasteiger partial charge is 0.469 e. The molecule has 0 radical (unpaired) electrons. The second-order valence-electron chi connectivity index (χ2n) is 5.21. The number of hydrogen-bond donors (Lipinski definition) is 1. The number of aromatic nitrogens is 3. The maximum absolute atomic E-state index is 12.4. The molecule has 0 saturated carbocycles. The predicted octanol–water partition coefficient (Wildman–Crippen LogP) is 2.24. The van der Waals surface area contributed by atoms with Crippen LogP contribution in [0.15, 0.2) is 61.1 Å². The summed E-state index contributed by atoms with van der Waals surface area (Å²) < 4.78 is 6.39. The Morgan fingerprint density at radius 2 is 1.96 bits per heavy atom. The third kappa shape index (κ3) is 3.89. The highest BCUT2D eigenvalue weighted by Gasteiger charge is 2.16. The average molecular weight is 336 g/mol. The summed E-state index contributed by atoms with van der Waals surface area (Å²) >= 11 is 0. The van der Waals surface area contributed by atoms with Crippen molar-refractivity contribution in [1.82, 2.24) is 14.5 Å². The molecule has 0 aliphatic heterocycles. The van der Waals surface area contributed by atoms with Gasteiger partial charge in [0.1, 0.15) is 0 Å². The lowest BCUT2D eigenvalue weighted by Gasteiger charge is -2.08. The Morgan fingerprint density at radius 1 is 1.16 bits per heavy atom. The van der Waals surface area contributed by atoms with Crippen molar-refractivity contribution in [1.29, 1.82) is 0 Å². The molecule has 0 aliphatic rings. The molecule has 2 heterocycles. The lowest BCUT2D eigenvalue weighted by molar-refractivity contribution is -0.139. The van der Waals surface area contributed by atoms with Gasteiger partial charge < -0.3 is 4.74 Å². The zero-order valence-electron chi connectivity index (χ0n) is 13.5. The molecule has 7 nitrogen and oxygen atoms in total. The molecular formula is C18H16N4O3. The molecule has 0 atom stereocenters. The Bertz CT molecular complexity index is 876. The van der Waals surface area contributed by atoms with Crippen molar-refractivity contribution in [3.05, 3.63) is 72.3 Å². The van der Waals surface area contributed by atoms with Crippen LogP contribution < -0.4 is 5.32 Å². The summed E-state index contributed by atoms with van der Waals surface area (Å²) in [6.07, 6.45) is 4.79. The van der Waals surface area contributed by atoms with E-state index in [1.54, 1.807) is 29.1 Å². The molecule has 1 aromatic carbocycles. The third-order valence-corrected chi connectivity index (χ3v) is 3.49. The Kier molecular flexibility index (Phi) is 4.84. The van der Waals surface area contributed by atoms with E-state index >= 15 is 0 Å². The van der Waals surface area contributed by atoms with E-state index < -0.39 is 5.97 Å². The fourth-order valence-corrected chi connectivity index (χ4v) is 2.28. The smallest absolute Gasteiger partial charge is 0.311 e. The number of carbonyl (C=O) groups is 2. The molecule has 7 heteroatoms. The van der Waals surface area contributed by atoms with Crippen LogP contribution in [0.1, 0.15) is 16.1 Å². The number of benzene rings is 1. The lowest BCUT2D eigenvalue weighted by Crippen LogP contribution is -2.15. The van der Waals surface area contributed by atoms with E-state index in [1.807, 2.05) is 30.3 Å². The number of anilines is 1. The second-order valence-corrected chi connectivity index (χ2v) is 5.21. The van der Waals surface area contributed by atoms with Crippen LogP contribution in [-0.4, -0.2) is 33.5 Å². The topological polar surface area (TPSA) is 86.1 Å². The minimum absolute atomic E-state index is 0.0199. The van der Waals surface area contributed by atoms with Gasteiger partial charge in [0.15, 0.2) is 0 Å². The highest BCUT2D eigenvalue weighted by molar-refractivity contribution is 6.03. The first-order chi connectivity index (χ1) is 12.2. The van der Waals surface area contributed by atoms with Crippen LogP contribution in [0, 0.1) is 0 Å². The Balaban J connectivity index is 1.93. The van der Waals surface area contributed by atoms with Crippen LogP contribution in [-0.2, 0) is 16.0 Å². The van der Waals surface area contributed by atoms with Crippen molar-refractivity contribution < 1.29 is 14.3 Å². The minimum atomic E-state index is -0.400. The van der Waals surface area contributed by atoms with E-state index in [2.05, 4.69) is 20.0 Å². The van der Waals surface area contributed by atoms with Crippen molar-refractivity contribution in [2.24, 2.45) is 0 Å². The molecular weight excluding hydrogens is 320 g/mol. The average Bonchev–Trinajstić information content (AvgIpc) is 3.05. The number of nitrogens with zero attached hydrogens (tertiary/aromatic N) is 3. The van der Waals surface area contributed by atoms with Crippen LogP contribution in [0.4, 0.5) is 5.95 Å². The van der Waals surface area contributed by atoms with E-state index in [1.165, 1.54) is 13.3 Å². The number of nitrogens with one attached hydrogen (secondary N) is 1. The molecule has 3 rings (SSSR count). The van der Waals surface area contributed by atoms with Gasteiger partial charge in [0.2, 0.25) is 5.95 Å². The third-order valence-electron chi connectivity index (χ3n) is 3.49. The zero-order chi connectivity index (χ0) is 17.6. The number of rotatable bonds is 5. The number of hydrogen-bond acceptors (Lipinski definition) is 5. The van der Waals surface area contributed by atoms with Gasteiger partial charge in [-0.1, -0.05) is 18.2 Å². The monoisotopic (exact) mass is 336 g/mol. The van der Waals surface area contributed by atoms with E-state index in [0.717, 1.165) is 5.69 Å². The molecule has 2 aromatic heterocycles. The molecule has 0 fully saturated rings. The van der Waals surface area contributed by atoms with Gasteiger partial charge >= 0.3 is 5.97 Å². The minimum Gasteiger partial charge on any atom is -0.469 e. The van der Waals surface area contributed by atoms with Gasteiger partial charge in [-0.15, -0.1) is 0 Å². The maximum atomic E-state index is 12.4. The van der Waals surface area contributed by atoms with Crippen molar-refractivity contribution in [2.45, 2.75) is 6.42 Å². The second kappa shape index (κ2) is 7.39. The van der Waals surface area contributed by atoms with Gasteiger partial charge in [-0.2, -0.15) is 0 Å². The van der Waals surface area contributed by atoms with Crippen LogP contribution in [0.25, 0.3) is 5.69 Å². The van der Waals surface area contributed by atoms with E-state index in [4.69, 9.17) is 0 Å². The Labute approximate surface area is 144 Å². The van der Waals surface area contributed by atoms with Crippen molar-refractivity contribution in [3.63, 3.8) is 0 Å². The molecule has 1 N–H and O–H groups in total. The number of imidazole rings is 1. The molecule has 0 unspecified atom stereocenters. The van der Waals surface area contributed by atoms with Crippen molar-refractivity contribution in [2.75, 3.05) is 12.4 Å². The summed E-state index contributed by atoms with van der Waals surface area (Å²) in [5, 5.41) is 2.76. The van der Waals surface area contributed by atoms with E-state index in [-0.39, 0.29) is 12.3 Å². The van der Waals surface area contributed by atoms with Gasteiger partial charge in [-0.25, -0.2) is 4.98 Å². The molecule has 3 aromatic rings. The number of carbonyl (C=O) groups excluding carboxylic acids is 2. The van der Waals surface area contributed by atoms with Gasteiger partial charge in [0, 0.05) is 24.3 Å². The number of amides is 1. The number of methoxy groups -OCH3 is 1. The molecule has 1 amide bonds. The van der Waals surface area contributed by atoms with Crippen molar-refractivity contribution in [3.8, 4) is 5.69 Å². The molecule has 0 saturated heterocycles. The highest BCUT2D eigenvalue weighted by atomic mass is 16.5. The lowest BCUT2D eigenvalue weighted by atomic mass is 10.3. The summed E-state index contributed by atoms with van der Waals surface area (Å²) in [6, 6.07) is 12.7. The highest BCUT2D eigenvalue weighted by Crippen LogP contribution is 2.18. The van der Waals surface area contributed by atoms with Crippen LogP contribution in [0.2, 0.25) is 0 Å². The van der Waals surface area contributed by atoms with Gasteiger partial charge in [0.05, 0.1) is 24.8 Å². The Morgan fingerprint density at radius 3 is 2.64 bits per heavy atom. The number of para-hydroxylation sites is 1. The first-order valence-electron chi connectivity index (χ1n) is 7.59. The van der Waals surface area contributed by atoms with E-state index in [0.29, 0.717) is 17.2 Å². The molecule has 126 valence electrons. The van der Waals surface area contributed by atoms with Crippen LogP contribution in [0.5, 0.6) is 0 Å². The summed E-state index contributed by atoms with van der Waals surface area (Å²) in [5.41, 5.74) is 1.73. The zero-order valence-corrected chi connectivity index (χ0v) is 13.5. The van der Waals surface area contributed by atoms with E-state index in [9.17, 15) is 9.59 Å². The molecule has 0 bridgehead atoms. The quantitative estimate of drug-likeness (QED) is 0.722. The van der Waals surface area contributed by atoms with Crippen LogP contribution >= 0.6 is 0 Å². The number of ether oxygens (including phenoxy) is 1. The normalized spacial score (nSPS) is 10.3. The fourth-order valence-electron chi connectivity index (χ4n) is 2.28. The molecule has 25 heavy (non-hydrogen) atoms. The molecule has 0 aliphatic carbocycles. The van der Waals surface area contributed by atoms with Gasteiger partial charge in [-0.05, 0) is 24.3 Å². The standard InChI is InChI=1S/C18H16N4O3/c1-25-16(23)10-14-12-22(15-7-3-2-4-8-15)18(20-14)21-17(24)13-6-5-9-19-11-13/h2-9,11-12H,10H2,1H3,(H,20,21,24). The van der Waals surface area contributed by atoms with Gasteiger partial charge in [-0.3, -0.25) is 24.5 Å². The number of pyridine rings is 1. The first-order valence-corrected chi connectivity index (χ1v) is 7.59. The molecule has 0 spiro atoms. The summed E-state index contributed by atoms with van der Waals surface area (Å²) in [5.74, 6) is -0.415. The Hall–Kier alpha value is -3.48. The summed E-state index contributed by atoms with van der Waals surface area (Å²) in [4.78, 5) is 32.2. The van der Waals surface area contributed by atoms with Gasteiger partial charge in [0.25, 0.3) is 5.91 Å². The number of esters is 1. The SMILES string of the molecule is COC(=O)Cc1cn(-c2ccccc2)c(NC(=O)c2cccnc2)n1. The first kappa shape index (κ1) is 16.4. The summed E-state index contributed by atoms with van der Waals surface area (Å²) in [6.45, 7) is 0. The van der Waals surface area contributed by atoms with Crippen LogP contribution in [0.3, 0.4) is 0 Å². The fraction of sp³-hybridized carbons (Fsp3) is 0.111. The summed E-state index contributed by atoms with van der Waals surface area (Å²) in [7, 11) is 1.32. The maximum Gasteiger partial charge on any atom is 0.311 e.